The summed E-state index contributed by atoms with van der Waals surface area (Å²) in [6.07, 6.45) is 7.07. The predicted molar refractivity (Wildman–Crippen MR) is 122 cm³/mol. The molecule has 0 spiro atoms. The van der Waals surface area contributed by atoms with Crippen molar-refractivity contribution in [3.05, 3.63) is 66.1 Å². The zero-order valence-corrected chi connectivity index (χ0v) is 18.9. The van der Waals surface area contributed by atoms with E-state index >= 15 is 0 Å². The van der Waals surface area contributed by atoms with Crippen molar-refractivity contribution in [3.8, 4) is 28.8 Å². The van der Waals surface area contributed by atoms with Crippen molar-refractivity contribution in [2.45, 2.75) is 32.2 Å². The highest BCUT2D eigenvalue weighted by atomic mass is 16.5. The maximum atomic E-state index is 12.6. The number of imidazole rings is 1. The third-order valence-corrected chi connectivity index (χ3v) is 5.44. The van der Waals surface area contributed by atoms with Gasteiger partial charge >= 0.3 is 0 Å². The summed E-state index contributed by atoms with van der Waals surface area (Å²) in [4.78, 5) is 25.7. The summed E-state index contributed by atoms with van der Waals surface area (Å²) in [7, 11) is 1.59. The van der Waals surface area contributed by atoms with E-state index in [9.17, 15) is 4.79 Å². The molecule has 0 bridgehead atoms. The standard InChI is InChI=1S/C24H24N6O4/c1-3-33-20-10-15(4-8-19(20)32-2)11-26-23(31)18-13-30(14-27-18)21-9-7-17(12-25-21)24-28-22(29-34-24)16-5-6-16/h4,7-10,12-14,16H,3,5-6,11H2,1-2H3,(H,26,31). The number of amides is 1. The molecule has 1 amide bonds. The Morgan fingerprint density at radius 3 is 2.82 bits per heavy atom. The normalized spacial score (nSPS) is 13.0. The lowest BCUT2D eigenvalue weighted by Gasteiger charge is -2.11. The molecule has 0 saturated heterocycles. The Bertz CT molecular complexity index is 1290. The van der Waals surface area contributed by atoms with Gasteiger partial charge in [-0.15, -0.1) is 0 Å². The van der Waals surface area contributed by atoms with Gasteiger partial charge in [-0.1, -0.05) is 11.2 Å². The van der Waals surface area contributed by atoms with Gasteiger partial charge in [0.2, 0.25) is 0 Å². The summed E-state index contributed by atoms with van der Waals surface area (Å²) in [6, 6.07) is 9.21. The molecule has 5 rings (SSSR count). The number of methoxy groups -OCH3 is 1. The molecule has 1 N–H and O–H groups in total. The Morgan fingerprint density at radius 2 is 2.09 bits per heavy atom. The Kier molecular flexibility index (Phi) is 5.94. The Morgan fingerprint density at radius 1 is 1.21 bits per heavy atom. The second-order valence-electron chi connectivity index (χ2n) is 7.90. The van der Waals surface area contributed by atoms with Crippen molar-refractivity contribution in [2.75, 3.05) is 13.7 Å². The fraction of sp³-hybridized carbons (Fsp3) is 0.292. The second-order valence-corrected chi connectivity index (χ2v) is 7.90. The Balaban J connectivity index is 1.22. The molecular formula is C24H24N6O4. The van der Waals surface area contributed by atoms with Gasteiger partial charge < -0.3 is 19.3 Å². The zero-order valence-electron chi connectivity index (χ0n) is 18.9. The predicted octanol–water partition coefficient (Wildman–Crippen LogP) is 3.53. The van der Waals surface area contributed by atoms with Crippen molar-refractivity contribution < 1.29 is 18.8 Å². The van der Waals surface area contributed by atoms with E-state index < -0.39 is 0 Å². The van der Waals surface area contributed by atoms with Crippen LogP contribution in [0.3, 0.4) is 0 Å². The van der Waals surface area contributed by atoms with Crippen LogP contribution < -0.4 is 14.8 Å². The molecule has 0 unspecified atom stereocenters. The van der Waals surface area contributed by atoms with Crippen LogP contribution in [-0.2, 0) is 6.54 Å². The van der Waals surface area contributed by atoms with E-state index in [-0.39, 0.29) is 11.6 Å². The maximum absolute atomic E-state index is 12.6. The van der Waals surface area contributed by atoms with Gasteiger partial charge in [0.1, 0.15) is 17.8 Å². The second kappa shape index (κ2) is 9.34. The van der Waals surface area contributed by atoms with Crippen LogP contribution in [0.25, 0.3) is 17.3 Å². The van der Waals surface area contributed by atoms with Crippen molar-refractivity contribution in [1.82, 2.24) is 30.0 Å². The lowest BCUT2D eigenvalue weighted by Crippen LogP contribution is -2.23. The molecule has 1 fully saturated rings. The number of nitrogens with one attached hydrogen (secondary N) is 1. The first-order valence-electron chi connectivity index (χ1n) is 11.1. The molecule has 1 aliphatic rings. The van der Waals surface area contributed by atoms with Gasteiger partial charge in [-0.2, -0.15) is 4.98 Å². The first-order valence-corrected chi connectivity index (χ1v) is 11.1. The summed E-state index contributed by atoms with van der Waals surface area (Å²) in [6.45, 7) is 2.76. The summed E-state index contributed by atoms with van der Waals surface area (Å²) in [5.41, 5.74) is 1.92. The molecule has 0 aliphatic heterocycles. The molecule has 174 valence electrons. The molecule has 3 heterocycles. The number of pyridine rings is 1. The molecule has 1 aromatic carbocycles. The number of carbonyl (C=O) groups is 1. The molecule has 0 radical (unpaired) electrons. The number of hydrogen-bond acceptors (Lipinski definition) is 8. The van der Waals surface area contributed by atoms with Crippen molar-refractivity contribution in [2.24, 2.45) is 0 Å². The number of benzene rings is 1. The molecule has 0 atom stereocenters. The molecule has 34 heavy (non-hydrogen) atoms. The number of rotatable bonds is 9. The van der Waals surface area contributed by atoms with Gasteiger partial charge in [-0.3, -0.25) is 9.36 Å². The van der Waals surface area contributed by atoms with Crippen LogP contribution in [0.4, 0.5) is 0 Å². The SMILES string of the molecule is CCOc1cc(CNC(=O)c2cn(-c3ccc(-c4nc(C5CC5)no4)cn3)cn2)ccc1OC. The van der Waals surface area contributed by atoms with Crippen LogP contribution in [0.2, 0.25) is 0 Å². The minimum atomic E-state index is -0.289. The highest BCUT2D eigenvalue weighted by molar-refractivity contribution is 5.92. The van der Waals surface area contributed by atoms with Crippen LogP contribution in [-0.4, -0.2) is 44.3 Å². The highest BCUT2D eigenvalue weighted by Crippen LogP contribution is 2.38. The third kappa shape index (κ3) is 4.61. The van der Waals surface area contributed by atoms with Crippen molar-refractivity contribution >= 4 is 5.91 Å². The average molecular weight is 460 g/mol. The number of nitrogens with zero attached hydrogens (tertiary/aromatic N) is 5. The van der Waals surface area contributed by atoms with E-state index in [1.165, 1.54) is 0 Å². The molecule has 3 aromatic heterocycles. The van der Waals surface area contributed by atoms with Gasteiger partial charge in [0.25, 0.3) is 11.8 Å². The number of carbonyl (C=O) groups excluding carboxylic acids is 1. The van der Waals surface area contributed by atoms with Gasteiger partial charge in [-0.05, 0) is 49.6 Å². The van der Waals surface area contributed by atoms with E-state index in [0.29, 0.717) is 42.3 Å². The van der Waals surface area contributed by atoms with Gasteiger partial charge in [0, 0.05) is 24.9 Å². The minimum Gasteiger partial charge on any atom is -0.493 e. The molecule has 10 heteroatoms. The van der Waals surface area contributed by atoms with Gasteiger partial charge in [0.15, 0.2) is 17.3 Å². The Hall–Kier alpha value is -4.21. The van der Waals surface area contributed by atoms with E-state index in [0.717, 1.165) is 29.8 Å². The lowest BCUT2D eigenvalue weighted by atomic mass is 10.2. The van der Waals surface area contributed by atoms with E-state index in [1.54, 1.807) is 30.4 Å². The summed E-state index contributed by atoms with van der Waals surface area (Å²) >= 11 is 0. The van der Waals surface area contributed by atoms with Gasteiger partial charge in [-0.25, -0.2) is 9.97 Å². The molecule has 4 aromatic rings. The lowest BCUT2D eigenvalue weighted by molar-refractivity contribution is 0.0946. The Labute approximate surface area is 195 Å². The van der Waals surface area contributed by atoms with Crippen LogP contribution in [0.1, 0.15) is 47.6 Å². The quantitative estimate of drug-likeness (QED) is 0.403. The monoisotopic (exact) mass is 460 g/mol. The van der Waals surface area contributed by atoms with E-state index in [4.69, 9.17) is 14.0 Å². The minimum absolute atomic E-state index is 0.287. The topological polar surface area (TPSA) is 117 Å². The fourth-order valence-electron chi connectivity index (χ4n) is 3.46. The zero-order chi connectivity index (χ0) is 23.5. The van der Waals surface area contributed by atoms with E-state index in [1.807, 2.05) is 37.3 Å². The summed E-state index contributed by atoms with van der Waals surface area (Å²) in [5.74, 6) is 3.26. The smallest absolute Gasteiger partial charge is 0.271 e. The average Bonchev–Trinajstić information content (AvgIpc) is 3.39. The van der Waals surface area contributed by atoms with Crippen LogP contribution >= 0.6 is 0 Å². The van der Waals surface area contributed by atoms with Crippen LogP contribution in [0, 0.1) is 0 Å². The van der Waals surface area contributed by atoms with Crippen molar-refractivity contribution in [3.63, 3.8) is 0 Å². The summed E-state index contributed by atoms with van der Waals surface area (Å²) < 4.78 is 17.9. The number of hydrogen-bond donors (Lipinski definition) is 1. The third-order valence-electron chi connectivity index (χ3n) is 5.44. The largest absolute Gasteiger partial charge is 0.493 e. The molecule has 1 saturated carbocycles. The first-order chi connectivity index (χ1) is 16.6. The molecule has 10 nitrogen and oxygen atoms in total. The van der Waals surface area contributed by atoms with Crippen LogP contribution in [0.5, 0.6) is 11.5 Å². The highest BCUT2D eigenvalue weighted by Gasteiger charge is 2.29. The first kappa shape index (κ1) is 21.6. The number of ether oxygens (including phenoxy) is 2. The number of aromatic nitrogens is 5. The fourth-order valence-corrected chi connectivity index (χ4v) is 3.46. The maximum Gasteiger partial charge on any atom is 0.271 e. The molecule has 1 aliphatic carbocycles. The van der Waals surface area contributed by atoms with Crippen LogP contribution in [0.15, 0.2) is 53.6 Å². The van der Waals surface area contributed by atoms with Crippen molar-refractivity contribution in [1.29, 1.82) is 0 Å². The van der Waals surface area contributed by atoms with Gasteiger partial charge in [0.05, 0.1) is 19.3 Å². The summed E-state index contributed by atoms with van der Waals surface area (Å²) in [5, 5.41) is 6.91. The van der Waals surface area contributed by atoms with E-state index in [2.05, 4.69) is 25.4 Å². The molecular weight excluding hydrogens is 436 g/mol.